The number of hydrogen-bond donors (Lipinski definition) is 0. The lowest BCUT2D eigenvalue weighted by Gasteiger charge is -2.40. The molecule has 0 aromatic heterocycles. The number of morpholine rings is 1. The fourth-order valence-corrected chi connectivity index (χ4v) is 4.67. The highest BCUT2D eigenvalue weighted by Gasteiger charge is 2.39. The summed E-state index contributed by atoms with van der Waals surface area (Å²) in [5.41, 5.74) is 0.922. The Morgan fingerprint density at radius 1 is 0.909 bits per heavy atom. The van der Waals surface area contributed by atoms with Crippen molar-refractivity contribution in [3.8, 4) is 11.5 Å². The van der Waals surface area contributed by atoms with Crippen LogP contribution in [0, 0.1) is 11.6 Å². The van der Waals surface area contributed by atoms with Crippen LogP contribution in [-0.2, 0) is 9.53 Å². The normalized spacial score (nSPS) is 21.8. The second kappa shape index (κ2) is 8.82. The summed E-state index contributed by atoms with van der Waals surface area (Å²) in [5.74, 6) is -0.748. The smallest absolute Gasteiger partial charge is 0.270 e. The van der Waals surface area contributed by atoms with Crippen LogP contribution in [0.4, 0.5) is 8.78 Å². The summed E-state index contributed by atoms with van der Waals surface area (Å²) in [6.07, 6.45) is -1.15. The van der Waals surface area contributed by atoms with Crippen LogP contribution < -0.4 is 9.47 Å². The van der Waals surface area contributed by atoms with Crippen molar-refractivity contribution in [3.63, 3.8) is 0 Å². The minimum Gasteiger partial charge on any atom is -0.447 e. The minimum absolute atomic E-state index is 0.139. The highest BCUT2D eigenvalue weighted by atomic mass is 35.5. The van der Waals surface area contributed by atoms with Crippen LogP contribution in [-0.4, -0.2) is 24.5 Å². The lowest BCUT2D eigenvalue weighted by Crippen LogP contribution is -2.41. The SMILES string of the molecule is O=CN1CCOC(c2ccc(Cl)cc2Cl)C1c1cc2c(cc1F)OC(c1ccccc1F)O2. The Hall–Kier alpha value is -2.87. The van der Waals surface area contributed by atoms with Gasteiger partial charge < -0.3 is 19.1 Å². The molecule has 3 aromatic rings. The fourth-order valence-electron chi connectivity index (χ4n) is 4.15. The zero-order valence-corrected chi connectivity index (χ0v) is 18.5. The zero-order valence-electron chi connectivity index (χ0n) is 17.0. The van der Waals surface area contributed by atoms with Crippen molar-refractivity contribution < 1.29 is 27.8 Å². The van der Waals surface area contributed by atoms with E-state index in [9.17, 15) is 9.18 Å². The van der Waals surface area contributed by atoms with Crippen LogP contribution in [0.25, 0.3) is 0 Å². The predicted octanol–water partition coefficient (Wildman–Crippen LogP) is 6.01. The molecule has 0 aliphatic carbocycles. The molecule has 0 radical (unpaired) electrons. The molecule has 0 bridgehead atoms. The summed E-state index contributed by atoms with van der Waals surface area (Å²) in [5, 5.41) is 0.780. The average molecular weight is 492 g/mol. The molecule has 2 heterocycles. The third kappa shape index (κ3) is 4.01. The number of rotatable bonds is 4. The number of hydrogen-bond acceptors (Lipinski definition) is 4. The van der Waals surface area contributed by atoms with Crippen LogP contribution >= 0.6 is 23.2 Å². The molecule has 0 N–H and O–H groups in total. The van der Waals surface area contributed by atoms with Gasteiger partial charge in [-0.15, -0.1) is 0 Å². The van der Waals surface area contributed by atoms with Crippen molar-refractivity contribution in [2.45, 2.75) is 18.4 Å². The monoisotopic (exact) mass is 491 g/mol. The molecule has 1 fully saturated rings. The molecular weight excluding hydrogens is 475 g/mol. The first-order chi connectivity index (χ1) is 16.0. The number of nitrogens with zero attached hydrogens (tertiary/aromatic N) is 1. The first-order valence-corrected chi connectivity index (χ1v) is 10.9. The number of carbonyl (C=O) groups is 1. The van der Waals surface area contributed by atoms with Gasteiger partial charge in [0, 0.05) is 33.8 Å². The number of amides is 1. The molecule has 33 heavy (non-hydrogen) atoms. The first kappa shape index (κ1) is 21.9. The lowest BCUT2D eigenvalue weighted by atomic mass is 9.92. The molecule has 3 unspecified atom stereocenters. The second-order valence-electron chi connectivity index (χ2n) is 7.65. The van der Waals surface area contributed by atoms with E-state index in [-0.39, 0.29) is 35.8 Å². The summed E-state index contributed by atoms with van der Waals surface area (Å²) in [6, 6.07) is 12.7. The molecular formula is C24H17Cl2F2NO4. The van der Waals surface area contributed by atoms with E-state index in [0.717, 1.165) is 0 Å². The van der Waals surface area contributed by atoms with E-state index < -0.39 is 30.1 Å². The van der Waals surface area contributed by atoms with E-state index in [4.69, 9.17) is 37.4 Å². The minimum atomic E-state index is -1.05. The Labute approximate surface area is 198 Å². The maximum Gasteiger partial charge on any atom is 0.270 e. The molecule has 0 spiro atoms. The molecule has 3 aromatic carbocycles. The Bertz CT molecular complexity index is 1230. The Balaban J connectivity index is 1.54. The zero-order chi connectivity index (χ0) is 23.1. The summed E-state index contributed by atoms with van der Waals surface area (Å²) < 4.78 is 46.9. The van der Waals surface area contributed by atoms with Gasteiger partial charge in [0.25, 0.3) is 6.29 Å². The van der Waals surface area contributed by atoms with E-state index in [2.05, 4.69) is 0 Å². The molecule has 1 amide bonds. The van der Waals surface area contributed by atoms with Gasteiger partial charge in [-0.25, -0.2) is 8.78 Å². The Kier molecular flexibility index (Phi) is 5.86. The van der Waals surface area contributed by atoms with Crippen molar-refractivity contribution in [2.75, 3.05) is 13.2 Å². The fraction of sp³-hybridized carbons (Fsp3) is 0.208. The quantitative estimate of drug-likeness (QED) is 0.419. The molecule has 5 nitrogen and oxygen atoms in total. The van der Waals surface area contributed by atoms with Gasteiger partial charge in [0.1, 0.15) is 17.7 Å². The number of benzene rings is 3. The van der Waals surface area contributed by atoms with Crippen LogP contribution in [0.5, 0.6) is 11.5 Å². The summed E-state index contributed by atoms with van der Waals surface area (Å²) in [7, 11) is 0. The van der Waals surface area contributed by atoms with Crippen LogP contribution in [0.3, 0.4) is 0 Å². The van der Waals surface area contributed by atoms with Crippen LogP contribution in [0.15, 0.2) is 54.6 Å². The van der Waals surface area contributed by atoms with Crippen LogP contribution in [0.2, 0.25) is 10.0 Å². The van der Waals surface area contributed by atoms with Crippen molar-refractivity contribution in [3.05, 3.63) is 93.0 Å². The molecule has 0 saturated carbocycles. The second-order valence-corrected chi connectivity index (χ2v) is 8.50. The van der Waals surface area contributed by atoms with E-state index in [1.165, 1.54) is 29.2 Å². The van der Waals surface area contributed by atoms with Gasteiger partial charge >= 0.3 is 0 Å². The number of carbonyl (C=O) groups excluding carboxylic acids is 1. The van der Waals surface area contributed by atoms with Crippen molar-refractivity contribution >= 4 is 29.6 Å². The average Bonchev–Trinajstić information content (AvgIpc) is 3.21. The Morgan fingerprint density at radius 3 is 2.39 bits per heavy atom. The standard InChI is InChI=1S/C24H17Cl2F2NO4/c25-13-5-6-14(17(26)9-13)23-22(29(12-30)7-8-31-23)16-10-20-21(11-19(16)28)33-24(32-20)15-3-1-2-4-18(15)27/h1-6,9-12,22-24H,7-8H2. The Morgan fingerprint density at radius 2 is 1.67 bits per heavy atom. The van der Waals surface area contributed by atoms with E-state index >= 15 is 4.39 Å². The van der Waals surface area contributed by atoms with Crippen LogP contribution in [0.1, 0.15) is 35.1 Å². The summed E-state index contributed by atoms with van der Waals surface area (Å²) in [6.45, 7) is 0.516. The van der Waals surface area contributed by atoms with Gasteiger partial charge in [-0.2, -0.15) is 0 Å². The van der Waals surface area contributed by atoms with Gasteiger partial charge in [-0.3, -0.25) is 4.79 Å². The molecule has 3 atom stereocenters. The third-order valence-corrected chi connectivity index (χ3v) is 6.27. The highest BCUT2D eigenvalue weighted by molar-refractivity contribution is 6.35. The maximum atomic E-state index is 15.3. The predicted molar refractivity (Wildman–Crippen MR) is 117 cm³/mol. The number of halogens is 4. The molecule has 170 valence electrons. The van der Waals surface area contributed by atoms with E-state index in [1.54, 1.807) is 30.3 Å². The molecule has 2 aliphatic rings. The summed E-state index contributed by atoms with van der Waals surface area (Å²) >= 11 is 12.4. The number of fused-ring (bicyclic) bond motifs is 1. The number of ether oxygens (including phenoxy) is 3. The van der Waals surface area contributed by atoms with Gasteiger partial charge in [0.2, 0.25) is 6.41 Å². The topological polar surface area (TPSA) is 48.0 Å². The van der Waals surface area contributed by atoms with Gasteiger partial charge in [-0.05, 0) is 30.3 Å². The lowest BCUT2D eigenvalue weighted by molar-refractivity contribution is -0.134. The van der Waals surface area contributed by atoms with Crippen molar-refractivity contribution in [1.82, 2.24) is 4.90 Å². The van der Waals surface area contributed by atoms with Gasteiger partial charge in [-0.1, -0.05) is 41.4 Å². The van der Waals surface area contributed by atoms with E-state index in [0.29, 0.717) is 22.0 Å². The van der Waals surface area contributed by atoms with Crippen molar-refractivity contribution in [2.24, 2.45) is 0 Å². The first-order valence-electron chi connectivity index (χ1n) is 10.1. The maximum absolute atomic E-state index is 15.3. The van der Waals surface area contributed by atoms with Gasteiger partial charge in [0.05, 0.1) is 18.2 Å². The highest BCUT2D eigenvalue weighted by Crippen LogP contribution is 2.48. The third-order valence-electron chi connectivity index (χ3n) is 5.70. The largest absolute Gasteiger partial charge is 0.447 e. The molecule has 1 saturated heterocycles. The molecule has 2 aliphatic heterocycles. The molecule has 5 rings (SSSR count). The van der Waals surface area contributed by atoms with Crippen molar-refractivity contribution in [1.29, 1.82) is 0 Å². The molecule has 9 heteroatoms. The van der Waals surface area contributed by atoms with Gasteiger partial charge in [0.15, 0.2) is 11.5 Å². The van der Waals surface area contributed by atoms with E-state index in [1.807, 2.05) is 0 Å². The summed E-state index contributed by atoms with van der Waals surface area (Å²) in [4.78, 5) is 13.3.